The number of rotatable bonds is 3. The average Bonchev–Trinajstić information content (AvgIpc) is 1.83. The first-order chi connectivity index (χ1) is 3.85. The molecule has 0 aromatic heterocycles. The second-order valence-corrected chi connectivity index (χ2v) is 1.71. The predicted molar refractivity (Wildman–Crippen MR) is 37.6 cm³/mol. The molecule has 0 rings (SSSR count). The quantitative estimate of drug-likeness (QED) is 0.536. The highest BCUT2D eigenvalue weighted by Crippen LogP contribution is 1.82. The third-order valence-electron chi connectivity index (χ3n) is 1.14. The number of hydrogen-bond donors (Lipinski definition) is 1. The van der Waals surface area contributed by atoms with Crippen LogP contribution in [0.3, 0.4) is 0 Å². The summed E-state index contributed by atoms with van der Waals surface area (Å²) >= 11 is 0. The van der Waals surface area contributed by atoms with Crippen LogP contribution in [-0.2, 0) is 0 Å². The molecule has 0 unspecified atom stereocenters. The highest BCUT2D eigenvalue weighted by molar-refractivity contribution is 5.63. The molecule has 0 fully saturated rings. The zero-order chi connectivity index (χ0) is 6.41. The Labute approximate surface area is 51.0 Å². The lowest BCUT2D eigenvalue weighted by Gasteiger charge is -2.04. The molecule has 0 amide bonds. The van der Waals surface area contributed by atoms with Crippen LogP contribution in [0.15, 0.2) is 4.99 Å². The van der Waals surface area contributed by atoms with Gasteiger partial charge in [0.2, 0.25) is 0 Å². The number of nitrogens with one attached hydrogen (secondary N) is 1. The molecule has 0 aliphatic carbocycles. The third kappa shape index (κ3) is 2.75. The molecular formula is C6H14N2. The van der Waals surface area contributed by atoms with Gasteiger partial charge >= 0.3 is 0 Å². The van der Waals surface area contributed by atoms with Gasteiger partial charge < -0.3 is 5.32 Å². The minimum atomic E-state index is 0.458. The van der Waals surface area contributed by atoms with Crippen molar-refractivity contribution in [3.63, 3.8) is 0 Å². The van der Waals surface area contributed by atoms with E-state index >= 15 is 0 Å². The number of nitrogens with zero attached hydrogens (tertiary/aromatic N) is 1. The molecule has 0 aliphatic heterocycles. The highest BCUT2D eigenvalue weighted by Gasteiger charge is 1.93. The van der Waals surface area contributed by atoms with E-state index in [2.05, 4.69) is 17.2 Å². The lowest BCUT2D eigenvalue weighted by molar-refractivity contribution is 0.688. The van der Waals surface area contributed by atoms with E-state index < -0.39 is 0 Å². The van der Waals surface area contributed by atoms with Crippen LogP contribution in [0.4, 0.5) is 0 Å². The van der Waals surface area contributed by atoms with Gasteiger partial charge in [-0.1, -0.05) is 6.92 Å². The second kappa shape index (κ2) is 4.78. The largest absolute Gasteiger partial charge is 0.312 e. The molecule has 0 spiro atoms. The SMILES string of the molecule is CC[C@@H](C=NC)NC. The van der Waals surface area contributed by atoms with Crippen molar-refractivity contribution < 1.29 is 0 Å². The topological polar surface area (TPSA) is 24.4 Å². The van der Waals surface area contributed by atoms with Crippen LogP contribution in [0, 0.1) is 0 Å². The minimum absolute atomic E-state index is 0.458. The Bertz CT molecular complexity index is 64.9. The van der Waals surface area contributed by atoms with Gasteiger partial charge in [0.1, 0.15) is 0 Å². The van der Waals surface area contributed by atoms with Crippen LogP contribution in [0.2, 0.25) is 0 Å². The van der Waals surface area contributed by atoms with Crippen molar-refractivity contribution in [1.82, 2.24) is 5.32 Å². The van der Waals surface area contributed by atoms with Crippen LogP contribution in [0.5, 0.6) is 0 Å². The van der Waals surface area contributed by atoms with Crippen molar-refractivity contribution in [2.45, 2.75) is 19.4 Å². The summed E-state index contributed by atoms with van der Waals surface area (Å²) in [7, 11) is 3.73. The van der Waals surface area contributed by atoms with Crippen molar-refractivity contribution in [2.75, 3.05) is 14.1 Å². The molecule has 0 saturated heterocycles. The van der Waals surface area contributed by atoms with Crippen LogP contribution in [0.1, 0.15) is 13.3 Å². The molecule has 1 N–H and O–H groups in total. The van der Waals surface area contributed by atoms with Crippen molar-refractivity contribution >= 4 is 6.21 Å². The van der Waals surface area contributed by atoms with E-state index in [0.29, 0.717) is 6.04 Å². The molecule has 0 aromatic carbocycles. The summed E-state index contributed by atoms with van der Waals surface area (Å²) < 4.78 is 0. The molecule has 0 aliphatic rings. The van der Waals surface area contributed by atoms with Crippen LogP contribution < -0.4 is 5.32 Å². The molecule has 1 atom stereocenters. The second-order valence-electron chi connectivity index (χ2n) is 1.71. The van der Waals surface area contributed by atoms with Gasteiger partial charge in [0.15, 0.2) is 0 Å². The molecule has 0 radical (unpaired) electrons. The minimum Gasteiger partial charge on any atom is -0.312 e. The molecule has 0 bridgehead atoms. The zero-order valence-electron chi connectivity index (χ0n) is 5.81. The van der Waals surface area contributed by atoms with Gasteiger partial charge in [0, 0.05) is 19.3 Å². The maximum atomic E-state index is 3.89. The van der Waals surface area contributed by atoms with Gasteiger partial charge in [-0.15, -0.1) is 0 Å². The maximum Gasteiger partial charge on any atom is 0.0414 e. The summed E-state index contributed by atoms with van der Waals surface area (Å²) in [5.74, 6) is 0. The molecule has 0 aromatic rings. The molecule has 2 heteroatoms. The smallest absolute Gasteiger partial charge is 0.0414 e. The van der Waals surface area contributed by atoms with Gasteiger partial charge in [-0.2, -0.15) is 0 Å². The fourth-order valence-corrected chi connectivity index (χ4v) is 0.564. The van der Waals surface area contributed by atoms with E-state index in [-0.39, 0.29) is 0 Å². The Morgan fingerprint density at radius 2 is 2.38 bits per heavy atom. The fourth-order valence-electron chi connectivity index (χ4n) is 0.564. The van der Waals surface area contributed by atoms with E-state index in [4.69, 9.17) is 0 Å². The number of aliphatic imine (C=N–C) groups is 1. The molecule has 48 valence electrons. The van der Waals surface area contributed by atoms with Crippen molar-refractivity contribution in [3.8, 4) is 0 Å². The van der Waals surface area contributed by atoms with E-state index in [1.165, 1.54) is 0 Å². The molecule has 0 heterocycles. The van der Waals surface area contributed by atoms with E-state index in [1.807, 2.05) is 13.3 Å². The summed E-state index contributed by atoms with van der Waals surface area (Å²) in [6.45, 7) is 2.13. The summed E-state index contributed by atoms with van der Waals surface area (Å²) in [5, 5.41) is 3.10. The lowest BCUT2D eigenvalue weighted by atomic mass is 10.2. The zero-order valence-corrected chi connectivity index (χ0v) is 5.81. The van der Waals surface area contributed by atoms with Crippen molar-refractivity contribution in [1.29, 1.82) is 0 Å². The first-order valence-corrected chi connectivity index (χ1v) is 2.94. The van der Waals surface area contributed by atoms with Crippen LogP contribution in [-0.4, -0.2) is 26.4 Å². The van der Waals surface area contributed by atoms with Crippen LogP contribution in [0.25, 0.3) is 0 Å². The molecule has 2 nitrogen and oxygen atoms in total. The van der Waals surface area contributed by atoms with Gasteiger partial charge in [-0.05, 0) is 13.5 Å². The van der Waals surface area contributed by atoms with Gasteiger partial charge in [0.25, 0.3) is 0 Å². The summed E-state index contributed by atoms with van der Waals surface area (Å²) in [6.07, 6.45) is 3.02. The monoisotopic (exact) mass is 114 g/mol. The Hall–Kier alpha value is -0.370. The average molecular weight is 114 g/mol. The number of hydrogen-bond acceptors (Lipinski definition) is 2. The Balaban J connectivity index is 3.36. The fraction of sp³-hybridized carbons (Fsp3) is 0.833. The normalized spacial score (nSPS) is 14.9. The Morgan fingerprint density at radius 3 is 2.50 bits per heavy atom. The first kappa shape index (κ1) is 7.63. The molecular weight excluding hydrogens is 100 g/mol. The summed E-state index contributed by atoms with van der Waals surface area (Å²) in [4.78, 5) is 3.89. The lowest BCUT2D eigenvalue weighted by Crippen LogP contribution is -2.25. The van der Waals surface area contributed by atoms with Crippen LogP contribution >= 0.6 is 0 Å². The summed E-state index contributed by atoms with van der Waals surface area (Å²) in [6, 6.07) is 0.458. The van der Waals surface area contributed by atoms with Gasteiger partial charge in [0.05, 0.1) is 0 Å². The van der Waals surface area contributed by atoms with Gasteiger partial charge in [-0.25, -0.2) is 0 Å². The van der Waals surface area contributed by atoms with Crippen molar-refractivity contribution in [3.05, 3.63) is 0 Å². The van der Waals surface area contributed by atoms with E-state index in [9.17, 15) is 0 Å². The highest BCUT2D eigenvalue weighted by atomic mass is 14.9. The molecule has 0 saturated carbocycles. The van der Waals surface area contributed by atoms with Crippen molar-refractivity contribution in [2.24, 2.45) is 4.99 Å². The Morgan fingerprint density at radius 1 is 1.75 bits per heavy atom. The Kier molecular flexibility index (Phi) is 4.56. The third-order valence-corrected chi connectivity index (χ3v) is 1.14. The molecule has 8 heavy (non-hydrogen) atoms. The van der Waals surface area contributed by atoms with E-state index in [1.54, 1.807) is 7.05 Å². The first-order valence-electron chi connectivity index (χ1n) is 2.94. The van der Waals surface area contributed by atoms with E-state index in [0.717, 1.165) is 6.42 Å². The summed E-state index contributed by atoms with van der Waals surface area (Å²) in [5.41, 5.74) is 0. The predicted octanol–water partition coefficient (Wildman–Crippen LogP) is 0.685. The van der Waals surface area contributed by atoms with Gasteiger partial charge in [-0.3, -0.25) is 4.99 Å². The maximum absolute atomic E-state index is 3.89. The standard InChI is InChI=1S/C6H14N2/c1-4-6(8-3)5-7-2/h5-6,8H,4H2,1-3H3/t6-/m0/s1.